The second-order valence-electron chi connectivity index (χ2n) is 5.33. The molecule has 0 spiro atoms. The zero-order valence-corrected chi connectivity index (χ0v) is 16.5. The van der Waals surface area contributed by atoms with E-state index in [1.165, 1.54) is 31.4 Å². The van der Waals surface area contributed by atoms with Crippen LogP contribution in [0.3, 0.4) is 0 Å². The van der Waals surface area contributed by atoms with Gasteiger partial charge in [-0.2, -0.15) is 11.8 Å². The van der Waals surface area contributed by atoms with Crippen molar-refractivity contribution >= 4 is 41.7 Å². The normalized spacial score (nSPS) is 16.8. The standard InChI is InChI=1S/C14H30N4S.HI/c1-12(18(3)13-7-8-13)11-17-14(15-2)16-9-5-6-10-19-4;/h12-13H,5-11H2,1-4H3,(H2,15,16,17);1H. The number of aliphatic imine (C=N–C) groups is 1. The molecule has 1 saturated carbocycles. The van der Waals surface area contributed by atoms with Crippen molar-refractivity contribution < 1.29 is 0 Å². The van der Waals surface area contributed by atoms with Crippen LogP contribution in [0.1, 0.15) is 32.6 Å². The van der Waals surface area contributed by atoms with Gasteiger partial charge in [-0.05, 0) is 51.7 Å². The summed E-state index contributed by atoms with van der Waals surface area (Å²) < 4.78 is 0. The minimum atomic E-state index is 0. The van der Waals surface area contributed by atoms with Crippen molar-refractivity contribution in [3.05, 3.63) is 0 Å². The third-order valence-electron chi connectivity index (χ3n) is 3.67. The van der Waals surface area contributed by atoms with E-state index in [0.717, 1.165) is 25.1 Å². The summed E-state index contributed by atoms with van der Waals surface area (Å²) in [7, 11) is 4.06. The van der Waals surface area contributed by atoms with Crippen LogP contribution in [0.25, 0.3) is 0 Å². The van der Waals surface area contributed by atoms with Crippen molar-refractivity contribution in [1.82, 2.24) is 15.5 Å². The van der Waals surface area contributed by atoms with Gasteiger partial charge in [0.2, 0.25) is 0 Å². The van der Waals surface area contributed by atoms with E-state index in [0.29, 0.717) is 6.04 Å². The minimum Gasteiger partial charge on any atom is -0.356 e. The highest BCUT2D eigenvalue weighted by Gasteiger charge is 2.28. The van der Waals surface area contributed by atoms with Crippen molar-refractivity contribution in [3.63, 3.8) is 0 Å². The predicted molar refractivity (Wildman–Crippen MR) is 103 cm³/mol. The number of nitrogens with zero attached hydrogens (tertiary/aromatic N) is 2. The molecule has 1 atom stereocenters. The molecule has 1 aliphatic carbocycles. The third kappa shape index (κ3) is 8.56. The van der Waals surface area contributed by atoms with Gasteiger partial charge in [0.1, 0.15) is 0 Å². The minimum absolute atomic E-state index is 0. The summed E-state index contributed by atoms with van der Waals surface area (Å²) in [5.41, 5.74) is 0. The quantitative estimate of drug-likeness (QED) is 0.263. The van der Waals surface area contributed by atoms with Gasteiger partial charge in [-0.1, -0.05) is 0 Å². The third-order valence-corrected chi connectivity index (χ3v) is 4.37. The Morgan fingerprint density at radius 1 is 1.35 bits per heavy atom. The van der Waals surface area contributed by atoms with Gasteiger partial charge in [-0.15, -0.1) is 24.0 Å². The summed E-state index contributed by atoms with van der Waals surface area (Å²) in [5, 5.41) is 6.79. The van der Waals surface area contributed by atoms with Gasteiger partial charge in [0.05, 0.1) is 0 Å². The molecule has 1 aliphatic rings. The number of nitrogens with one attached hydrogen (secondary N) is 2. The molecule has 1 unspecified atom stereocenters. The summed E-state index contributed by atoms with van der Waals surface area (Å²) in [6, 6.07) is 1.38. The highest BCUT2D eigenvalue weighted by molar-refractivity contribution is 14.0. The van der Waals surface area contributed by atoms with E-state index < -0.39 is 0 Å². The monoisotopic (exact) mass is 414 g/mol. The van der Waals surface area contributed by atoms with Crippen LogP contribution in [0, 0.1) is 0 Å². The van der Waals surface area contributed by atoms with Crippen molar-refractivity contribution in [2.75, 3.05) is 39.2 Å². The number of halogens is 1. The van der Waals surface area contributed by atoms with Gasteiger partial charge in [-0.25, -0.2) is 0 Å². The van der Waals surface area contributed by atoms with Gasteiger partial charge >= 0.3 is 0 Å². The molecule has 0 amide bonds. The zero-order chi connectivity index (χ0) is 14.1. The van der Waals surface area contributed by atoms with E-state index in [4.69, 9.17) is 0 Å². The van der Waals surface area contributed by atoms with Crippen molar-refractivity contribution in [1.29, 1.82) is 0 Å². The van der Waals surface area contributed by atoms with Crippen LogP contribution in [0.2, 0.25) is 0 Å². The zero-order valence-electron chi connectivity index (χ0n) is 13.3. The molecule has 0 aromatic heterocycles. The average Bonchev–Trinajstić information content (AvgIpc) is 3.25. The van der Waals surface area contributed by atoms with Crippen LogP contribution in [0.15, 0.2) is 4.99 Å². The van der Waals surface area contributed by atoms with Crippen LogP contribution in [-0.2, 0) is 0 Å². The topological polar surface area (TPSA) is 39.7 Å². The fourth-order valence-electron chi connectivity index (χ4n) is 2.03. The van der Waals surface area contributed by atoms with Gasteiger partial charge < -0.3 is 10.6 Å². The SMILES string of the molecule is CN=C(NCCCCSC)NCC(C)N(C)C1CC1.I. The Balaban J connectivity index is 0.00000361. The first kappa shape index (κ1) is 20.3. The molecule has 0 aliphatic heterocycles. The molecule has 20 heavy (non-hydrogen) atoms. The number of thioether (sulfide) groups is 1. The number of hydrogen-bond acceptors (Lipinski definition) is 3. The molecule has 0 aromatic carbocycles. The van der Waals surface area contributed by atoms with Crippen molar-refractivity contribution in [2.24, 2.45) is 4.99 Å². The maximum absolute atomic E-state index is 4.27. The van der Waals surface area contributed by atoms with Crippen LogP contribution in [0.4, 0.5) is 0 Å². The Hall–Kier alpha value is 0.310. The Morgan fingerprint density at radius 3 is 2.60 bits per heavy atom. The second kappa shape index (κ2) is 11.9. The Morgan fingerprint density at radius 2 is 2.05 bits per heavy atom. The molecule has 120 valence electrons. The van der Waals surface area contributed by atoms with E-state index >= 15 is 0 Å². The number of hydrogen-bond donors (Lipinski definition) is 2. The highest BCUT2D eigenvalue weighted by Crippen LogP contribution is 2.26. The maximum atomic E-state index is 4.27. The fraction of sp³-hybridized carbons (Fsp3) is 0.929. The van der Waals surface area contributed by atoms with E-state index in [2.05, 4.69) is 40.8 Å². The van der Waals surface area contributed by atoms with Crippen molar-refractivity contribution in [2.45, 2.75) is 44.7 Å². The molecule has 0 bridgehead atoms. The molecular weight excluding hydrogens is 383 g/mol. The van der Waals surface area contributed by atoms with Crippen LogP contribution in [0.5, 0.6) is 0 Å². The summed E-state index contributed by atoms with van der Waals surface area (Å²) >= 11 is 1.91. The molecule has 0 radical (unpaired) electrons. The summed E-state index contributed by atoms with van der Waals surface area (Å²) in [5.74, 6) is 2.18. The van der Waals surface area contributed by atoms with E-state index in [9.17, 15) is 0 Å². The first-order valence-electron chi connectivity index (χ1n) is 7.34. The summed E-state index contributed by atoms with van der Waals surface area (Å²) in [6.45, 7) is 4.24. The lowest BCUT2D eigenvalue weighted by molar-refractivity contribution is 0.247. The molecule has 1 rings (SSSR count). The number of unbranched alkanes of at least 4 members (excludes halogenated alkanes) is 1. The smallest absolute Gasteiger partial charge is 0.191 e. The Kier molecular flexibility index (Phi) is 12.1. The maximum Gasteiger partial charge on any atom is 0.191 e. The van der Waals surface area contributed by atoms with E-state index in [1.807, 2.05) is 18.8 Å². The lowest BCUT2D eigenvalue weighted by atomic mass is 10.3. The highest BCUT2D eigenvalue weighted by atomic mass is 127. The molecule has 0 heterocycles. The summed E-state index contributed by atoms with van der Waals surface area (Å²) in [6.07, 6.45) is 7.36. The average molecular weight is 414 g/mol. The largest absolute Gasteiger partial charge is 0.356 e. The molecule has 4 nitrogen and oxygen atoms in total. The molecule has 6 heteroatoms. The van der Waals surface area contributed by atoms with Gasteiger partial charge in [0.15, 0.2) is 5.96 Å². The Labute approximate surface area is 145 Å². The fourth-order valence-corrected chi connectivity index (χ4v) is 2.52. The predicted octanol–water partition coefficient (Wildman–Crippen LogP) is 2.40. The number of guanidine groups is 1. The molecular formula is C14H31IN4S. The lowest BCUT2D eigenvalue weighted by Gasteiger charge is -2.25. The first-order chi connectivity index (χ1) is 9.19. The van der Waals surface area contributed by atoms with Gasteiger partial charge in [0.25, 0.3) is 0 Å². The van der Waals surface area contributed by atoms with Crippen LogP contribution in [-0.4, -0.2) is 62.1 Å². The first-order valence-corrected chi connectivity index (χ1v) is 8.73. The summed E-state index contributed by atoms with van der Waals surface area (Å²) in [4.78, 5) is 6.74. The number of likely N-dealkylation sites (N-methyl/N-ethyl adjacent to an activating group) is 1. The van der Waals surface area contributed by atoms with Gasteiger partial charge in [-0.3, -0.25) is 9.89 Å². The second-order valence-corrected chi connectivity index (χ2v) is 6.31. The molecule has 0 saturated heterocycles. The van der Waals surface area contributed by atoms with Crippen LogP contribution < -0.4 is 10.6 Å². The van der Waals surface area contributed by atoms with Gasteiger partial charge in [0, 0.05) is 32.2 Å². The molecule has 2 N–H and O–H groups in total. The van der Waals surface area contributed by atoms with E-state index in [-0.39, 0.29) is 24.0 Å². The van der Waals surface area contributed by atoms with Crippen molar-refractivity contribution in [3.8, 4) is 0 Å². The van der Waals surface area contributed by atoms with E-state index in [1.54, 1.807) is 0 Å². The number of rotatable bonds is 9. The van der Waals surface area contributed by atoms with Crippen LogP contribution >= 0.6 is 35.7 Å². The molecule has 1 fully saturated rings. The lowest BCUT2D eigenvalue weighted by Crippen LogP contribution is -2.45. The molecule has 0 aromatic rings. The Bertz CT molecular complexity index is 272.